The summed E-state index contributed by atoms with van der Waals surface area (Å²) in [6, 6.07) is 4.66. The SMILES string of the molecule is CCc1nn(C)c(CC(O)c2ccc(Br)c(F)c2)c1Br. The van der Waals surface area contributed by atoms with Gasteiger partial charge in [0.2, 0.25) is 0 Å². The largest absolute Gasteiger partial charge is 0.388 e. The molecule has 1 N–H and O–H groups in total. The lowest BCUT2D eigenvalue weighted by atomic mass is 10.0. The highest BCUT2D eigenvalue weighted by Crippen LogP contribution is 2.28. The van der Waals surface area contributed by atoms with Gasteiger partial charge in [-0.25, -0.2) is 4.39 Å². The summed E-state index contributed by atoms with van der Waals surface area (Å²) < 4.78 is 16.6. The molecule has 0 aliphatic rings. The fourth-order valence-electron chi connectivity index (χ4n) is 2.06. The Labute approximate surface area is 134 Å². The van der Waals surface area contributed by atoms with Gasteiger partial charge in [-0.3, -0.25) is 4.68 Å². The zero-order chi connectivity index (χ0) is 14.9. The van der Waals surface area contributed by atoms with E-state index in [-0.39, 0.29) is 5.82 Å². The Morgan fingerprint density at radius 3 is 2.65 bits per heavy atom. The predicted molar refractivity (Wildman–Crippen MR) is 83.0 cm³/mol. The van der Waals surface area contributed by atoms with Gasteiger partial charge in [-0.15, -0.1) is 0 Å². The topological polar surface area (TPSA) is 38.0 Å². The molecule has 20 heavy (non-hydrogen) atoms. The van der Waals surface area contributed by atoms with Gasteiger partial charge in [-0.1, -0.05) is 13.0 Å². The fraction of sp³-hybridized carbons (Fsp3) is 0.357. The molecular formula is C14H15Br2FN2O. The third kappa shape index (κ3) is 3.13. The van der Waals surface area contributed by atoms with Gasteiger partial charge in [-0.2, -0.15) is 5.10 Å². The van der Waals surface area contributed by atoms with Crippen LogP contribution in [0.3, 0.4) is 0 Å². The molecule has 0 fully saturated rings. The third-order valence-electron chi connectivity index (χ3n) is 3.22. The lowest BCUT2D eigenvalue weighted by Gasteiger charge is -2.12. The van der Waals surface area contributed by atoms with Gasteiger partial charge in [-0.05, 0) is 56.0 Å². The van der Waals surface area contributed by atoms with E-state index in [1.54, 1.807) is 16.8 Å². The number of aliphatic hydroxyl groups excluding tert-OH is 1. The molecule has 6 heteroatoms. The van der Waals surface area contributed by atoms with Crippen LogP contribution in [-0.2, 0) is 19.9 Å². The van der Waals surface area contributed by atoms with Gasteiger partial charge in [0.1, 0.15) is 5.82 Å². The summed E-state index contributed by atoms with van der Waals surface area (Å²) in [4.78, 5) is 0. The molecule has 2 rings (SSSR count). The highest BCUT2D eigenvalue weighted by atomic mass is 79.9. The van der Waals surface area contributed by atoms with Crippen molar-refractivity contribution in [1.29, 1.82) is 0 Å². The first-order valence-electron chi connectivity index (χ1n) is 6.27. The number of halogens is 3. The molecule has 0 saturated heterocycles. The molecule has 0 saturated carbocycles. The first kappa shape index (κ1) is 15.7. The molecule has 0 aliphatic carbocycles. The van der Waals surface area contributed by atoms with Crippen LogP contribution in [-0.4, -0.2) is 14.9 Å². The van der Waals surface area contributed by atoms with Crippen LogP contribution >= 0.6 is 31.9 Å². The normalized spacial score (nSPS) is 12.7. The molecule has 1 aromatic carbocycles. The van der Waals surface area contributed by atoms with Crippen molar-refractivity contribution >= 4 is 31.9 Å². The van der Waals surface area contributed by atoms with Crippen molar-refractivity contribution in [2.24, 2.45) is 7.05 Å². The second kappa shape index (κ2) is 6.37. The van der Waals surface area contributed by atoms with Crippen LogP contribution in [0.5, 0.6) is 0 Å². The summed E-state index contributed by atoms with van der Waals surface area (Å²) in [6.07, 6.45) is 0.428. The van der Waals surface area contributed by atoms with Crippen LogP contribution in [0.4, 0.5) is 4.39 Å². The van der Waals surface area contributed by atoms with Gasteiger partial charge in [0.15, 0.2) is 0 Å². The Morgan fingerprint density at radius 1 is 1.40 bits per heavy atom. The standard InChI is InChI=1S/C14H15Br2FN2O/c1-3-11-14(16)12(19(2)18-11)7-13(20)8-4-5-9(15)10(17)6-8/h4-6,13,20H,3,7H2,1-2H3. The van der Waals surface area contributed by atoms with Crippen molar-refractivity contribution in [3.63, 3.8) is 0 Å². The zero-order valence-corrected chi connectivity index (χ0v) is 14.4. The summed E-state index contributed by atoms with van der Waals surface area (Å²) in [7, 11) is 1.84. The molecule has 1 atom stereocenters. The molecule has 3 nitrogen and oxygen atoms in total. The number of aromatic nitrogens is 2. The first-order valence-corrected chi connectivity index (χ1v) is 7.85. The molecule has 0 spiro atoms. The van der Waals surface area contributed by atoms with E-state index in [1.807, 2.05) is 14.0 Å². The van der Waals surface area contributed by atoms with Gasteiger partial charge < -0.3 is 5.11 Å². The van der Waals surface area contributed by atoms with E-state index >= 15 is 0 Å². The zero-order valence-electron chi connectivity index (χ0n) is 11.2. The Kier molecular flexibility index (Phi) is 4.99. The predicted octanol–water partition coefficient (Wildman–Crippen LogP) is 3.92. The van der Waals surface area contributed by atoms with Crippen molar-refractivity contribution in [3.8, 4) is 0 Å². The van der Waals surface area contributed by atoms with E-state index in [1.165, 1.54) is 6.07 Å². The van der Waals surface area contributed by atoms with E-state index in [4.69, 9.17) is 0 Å². The summed E-state index contributed by atoms with van der Waals surface area (Å²) in [6.45, 7) is 2.03. The van der Waals surface area contributed by atoms with Crippen molar-refractivity contribution < 1.29 is 9.50 Å². The van der Waals surface area contributed by atoms with E-state index < -0.39 is 6.10 Å². The van der Waals surface area contributed by atoms with Crippen LogP contribution < -0.4 is 0 Å². The van der Waals surface area contributed by atoms with E-state index in [9.17, 15) is 9.50 Å². The smallest absolute Gasteiger partial charge is 0.137 e. The van der Waals surface area contributed by atoms with Crippen molar-refractivity contribution in [2.75, 3.05) is 0 Å². The van der Waals surface area contributed by atoms with Gasteiger partial charge >= 0.3 is 0 Å². The number of aliphatic hydroxyl groups is 1. The van der Waals surface area contributed by atoms with Crippen molar-refractivity contribution in [1.82, 2.24) is 9.78 Å². The summed E-state index contributed by atoms with van der Waals surface area (Å²) in [5.41, 5.74) is 2.41. The quantitative estimate of drug-likeness (QED) is 0.836. The molecule has 0 radical (unpaired) electrons. The minimum Gasteiger partial charge on any atom is -0.388 e. The Morgan fingerprint density at radius 2 is 2.10 bits per heavy atom. The molecule has 0 amide bonds. The highest BCUT2D eigenvalue weighted by Gasteiger charge is 2.18. The number of aryl methyl sites for hydroxylation is 2. The second-order valence-corrected chi connectivity index (χ2v) is 6.23. The second-order valence-electron chi connectivity index (χ2n) is 4.58. The first-order chi connectivity index (χ1) is 9.43. The Hall–Kier alpha value is -0.720. The molecular weight excluding hydrogens is 391 g/mol. The molecule has 1 unspecified atom stereocenters. The van der Waals surface area contributed by atoms with E-state index in [0.29, 0.717) is 16.5 Å². The molecule has 0 aliphatic heterocycles. The highest BCUT2D eigenvalue weighted by molar-refractivity contribution is 9.10. The van der Waals surface area contributed by atoms with E-state index in [2.05, 4.69) is 37.0 Å². The van der Waals surface area contributed by atoms with Crippen LogP contribution in [0.15, 0.2) is 27.1 Å². The van der Waals surface area contributed by atoms with Gasteiger partial charge in [0.25, 0.3) is 0 Å². The minimum atomic E-state index is -0.769. The molecule has 108 valence electrons. The van der Waals surface area contributed by atoms with Crippen LogP contribution in [0.1, 0.15) is 30.0 Å². The maximum atomic E-state index is 13.5. The number of benzene rings is 1. The summed E-state index contributed by atoms with van der Waals surface area (Å²) in [5, 5.41) is 14.7. The lowest BCUT2D eigenvalue weighted by molar-refractivity contribution is 0.175. The Bertz CT molecular complexity index is 628. The molecule has 1 heterocycles. The van der Waals surface area contributed by atoms with E-state index in [0.717, 1.165) is 22.3 Å². The number of hydrogen-bond acceptors (Lipinski definition) is 2. The number of nitrogens with zero attached hydrogens (tertiary/aromatic N) is 2. The monoisotopic (exact) mass is 404 g/mol. The van der Waals surface area contributed by atoms with Gasteiger partial charge in [0.05, 0.1) is 26.4 Å². The minimum absolute atomic E-state index is 0.375. The van der Waals surface area contributed by atoms with Crippen LogP contribution in [0.25, 0.3) is 0 Å². The number of hydrogen-bond donors (Lipinski definition) is 1. The average molecular weight is 406 g/mol. The maximum Gasteiger partial charge on any atom is 0.137 e. The van der Waals surface area contributed by atoms with Crippen LogP contribution in [0.2, 0.25) is 0 Å². The van der Waals surface area contributed by atoms with Crippen LogP contribution in [0, 0.1) is 5.82 Å². The molecule has 1 aromatic heterocycles. The van der Waals surface area contributed by atoms with Gasteiger partial charge in [0, 0.05) is 13.5 Å². The third-order valence-corrected chi connectivity index (χ3v) is 4.78. The lowest BCUT2D eigenvalue weighted by Crippen LogP contribution is -2.07. The average Bonchev–Trinajstić information content (AvgIpc) is 2.69. The Balaban J connectivity index is 2.25. The van der Waals surface area contributed by atoms with Crippen molar-refractivity contribution in [3.05, 3.63) is 49.9 Å². The van der Waals surface area contributed by atoms with Crippen molar-refractivity contribution in [2.45, 2.75) is 25.9 Å². The summed E-state index contributed by atoms with van der Waals surface area (Å²) >= 11 is 6.62. The number of rotatable bonds is 4. The molecule has 2 aromatic rings. The summed E-state index contributed by atoms with van der Waals surface area (Å²) in [5.74, 6) is -0.375. The maximum absolute atomic E-state index is 13.5. The molecule has 0 bridgehead atoms. The fourth-order valence-corrected chi connectivity index (χ4v) is 3.09.